The van der Waals surface area contributed by atoms with E-state index in [4.69, 9.17) is 0 Å². The number of fused-ring (bicyclic) bond motifs is 3. The molecule has 1 saturated carbocycles. The van der Waals surface area contributed by atoms with Gasteiger partial charge < -0.3 is 19.8 Å². The standard InChI is InChI=1S/C27H32F3N5O3/c1-15-17(26(29)30)3-2-4-20(15)32-7-9-33(10-8-32)23(37)14-35-21-12-16-11-18(16)24(21)25(31-35)27(38)34-6-5-22(36)19(28)13-34/h2-4,16,18-19,22,26,36H,5-14H2,1H3/t16-,18?,19-,22+/m1/s1. The van der Waals surface area contributed by atoms with Crippen molar-refractivity contribution < 1.29 is 27.9 Å². The van der Waals surface area contributed by atoms with E-state index >= 15 is 0 Å². The summed E-state index contributed by atoms with van der Waals surface area (Å²) in [4.78, 5) is 31.8. The topological polar surface area (TPSA) is 81.9 Å². The van der Waals surface area contributed by atoms with Gasteiger partial charge in [0, 0.05) is 55.2 Å². The largest absolute Gasteiger partial charge is 0.390 e. The molecule has 4 atom stereocenters. The van der Waals surface area contributed by atoms with Crippen LogP contribution < -0.4 is 4.90 Å². The van der Waals surface area contributed by atoms with Crippen LogP contribution in [0.3, 0.4) is 0 Å². The van der Waals surface area contributed by atoms with E-state index in [1.165, 1.54) is 11.0 Å². The number of amides is 2. The van der Waals surface area contributed by atoms with Crippen LogP contribution in [0.25, 0.3) is 0 Å². The van der Waals surface area contributed by atoms with E-state index in [0.29, 0.717) is 43.4 Å². The van der Waals surface area contributed by atoms with Crippen LogP contribution >= 0.6 is 0 Å². The van der Waals surface area contributed by atoms with Crippen LogP contribution in [-0.4, -0.2) is 88.0 Å². The minimum atomic E-state index is -2.53. The molecule has 3 heterocycles. The minimum absolute atomic E-state index is 0.0272. The minimum Gasteiger partial charge on any atom is -0.390 e. The first kappa shape index (κ1) is 25.2. The van der Waals surface area contributed by atoms with Gasteiger partial charge in [-0.2, -0.15) is 5.10 Å². The third kappa shape index (κ3) is 4.34. The van der Waals surface area contributed by atoms with Crippen molar-refractivity contribution in [2.45, 2.75) is 57.3 Å². The molecular weight excluding hydrogens is 499 g/mol. The van der Waals surface area contributed by atoms with Gasteiger partial charge in [0.05, 0.1) is 12.6 Å². The monoisotopic (exact) mass is 531 g/mol. The summed E-state index contributed by atoms with van der Waals surface area (Å²) in [5.74, 6) is 0.325. The van der Waals surface area contributed by atoms with Crippen LogP contribution in [0.5, 0.6) is 0 Å². The summed E-state index contributed by atoms with van der Waals surface area (Å²) in [7, 11) is 0. The average Bonchev–Trinajstić information content (AvgIpc) is 3.43. The molecule has 11 heteroatoms. The third-order valence-electron chi connectivity index (χ3n) is 8.68. The quantitative estimate of drug-likeness (QED) is 0.642. The second kappa shape index (κ2) is 9.59. The molecule has 1 aromatic heterocycles. The molecule has 2 amide bonds. The normalized spacial score (nSPS) is 26.5. The lowest BCUT2D eigenvalue weighted by molar-refractivity contribution is -0.132. The van der Waals surface area contributed by atoms with Gasteiger partial charge in [-0.3, -0.25) is 14.3 Å². The number of piperidine rings is 1. The van der Waals surface area contributed by atoms with Gasteiger partial charge in [0.15, 0.2) is 5.69 Å². The Kier molecular flexibility index (Phi) is 6.36. The summed E-state index contributed by atoms with van der Waals surface area (Å²) in [5, 5.41) is 14.3. The zero-order valence-electron chi connectivity index (χ0n) is 21.3. The van der Waals surface area contributed by atoms with Crippen LogP contribution in [0.2, 0.25) is 0 Å². The van der Waals surface area contributed by atoms with Gasteiger partial charge in [-0.15, -0.1) is 0 Å². The summed E-state index contributed by atoms with van der Waals surface area (Å²) < 4.78 is 42.4. The zero-order valence-corrected chi connectivity index (χ0v) is 21.3. The number of anilines is 1. The predicted molar refractivity (Wildman–Crippen MR) is 133 cm³/mol. The van der Waals surface area contributed by atoms with Crippen molar-refractivity contribution >= 4 is 17.5 Å². The fourth-order valence-corrected chi connectivity index (χ4v) is 6.35. The first-order chi connectivity index (χ1) is 18.2. The van der Waals surface area contributed by atoms with Gasteiger partial charge in [-0.25, -0.2) is 13.2 Å². The molecule has 1 unspecified atom stereocenters. The maximum Gasteiger partial charge on any atom is 0.274 e. The van der Waals surface area contributed by atoms with E-state index in [-0.39, 0.29) is 49.4 Å². The Balaban J connectivity index is 1.14. The Hall–Kier alpha value is -3.08. The zero-order chi connectivity index (χ0) is 26.7. The molecule has 2 aromatic rings. The Bertz CT molecular complexity index is 1260. The number of alkyl halides is 3. The van der Waals surface area contributed by atoms with E-state index in [9.17, 15) is 27.9 Å². The van der Waals surface area contributed by atoms with Crippen molar-refractivity contribution in [2.24, 2.45) is 5.92 Å². The highest BCUT2D eigenvalue weighted by molar-refractivity contribution is 5.95. The average molecular weight is 532 g/mol. The molecule has 0 radical (unpaired) electrons. The van der Waals surface area contributed by atoms with Crippen molar-refractivity contribution in [3.8, 4) is 0 Å². The fourth-order valence-electron chi connectivity index (χ4n) is 6.35. The molecular formula is C27H32F3N5O3. The Morgan fingerprint density at radius 3 is 2.61 bits per heavy atom. The van der Waals surface area contributed by atoms with Gasteiger partial charge in [0.25, 0.3) is 12.3 Å². The van der Waals surface area contributed by atoms with Gasteiger partial charge in [-0.1, -0.05) is 12.1 Å². The van der Waals surface area contributed by atoms with E-state index in [0.717, 1.165) is 29.8 Å². The van der Waals surface area contributed by atoms with E-state index in [1.54, 1.807) is 22.6 Å². The van der Waals surface area contributed by atoms with Crippen molar-refractivity contribution in [1.82, 2.24) is 19.6 Å². The van der Waals surface area contributed by atoms with E-state index < -0.39 is 18.7 Å². The number of likely N-dealkylation sites (tertiary alicyclic amines) is 1. The molecule has 1 aromatic carbocycles. The van der Waals surface area contributed by atoms with Gasteiger partial charge in [0.2, 0.25) is 5.91 Å². The maximum atomic E-state index is 14.1. The summed E-state index contributed by atoms with van der Waals surface area (Å²) in [5.41, 5.74) is 3.51. The predicted octanol–water partition coefficient (Wildman–Crippen LogP) is 2.68. The molecule has 2 aliphatic heterocycles. The smallest absolute Gasteiger partial charge is 0.274 e. The number of piperazine rings is 1. The van der Waals surface area contributed by atoms with Crippen LogP contribution in [0.4, 0.5) is 18.9 Å². The van der Waals surface area contributed by atoms with Crippen molar-refractivity contribution in [2.75, 3.05) is 44.2 Å². The van der Waals surface area contributed by atoms with Gasteiger partial charge in [0.1, 0.15) is 12.7 Å². The molecule has 38 heavy (non-hydrogen) atoms. The molecule has 0 bridgehead atoms. The summed E-state index contributed by atoms with van der Waals surface area (Å²) >= 11 is 0. The van der Waals surface area contributed by atoms with Crippen LogP contribution in [-0.2, 0) is 17.8 Å². The third-order valence-corrected chi connectivity index (χ3v) is 8.68. The van der Waals surface area contributed by atoms with Crippen molar-refractivity contribution in [3.63, 3.8) is 0 Å². The highest BCUT2D eigenvalue weighted by atomic mass is 19.3. The second-order valence-electron chi connectivity index (χ2n) is 11.0. The fraction of sp³-hybridized carbons (Fsp3) is 0.593. The van der Waals surface area contributed by atoms with Crippen LogP contribution in [0.1, 0.15) is 58.1 Å². The molecule has 8 nitrogen and oxygen atoms in total. The van der Waals surface area contributed by atoms with Crippen LogP contribution in [0.15, 0.2) is 18.2 Å². The Labute approximate surface area is 219 Å². The number of hydrogen-bond donors (Lipinski definition) is 1. The number of halogens is 3. The number of rotatable bonds is 5. The molecule has 2 aliphatic carbocycles. The second-order valence-corrected chi connectivity index (χ2v) is 11.0. The number of aromatic nitrogens is 2. The molecule has 2 saturated heterocycles. The number of aliphatic hydroxyl groups excluding tert-OH is 1. The molecule has 0 spiro atoms. The Morgan fingerprint density at radius 2 is 1.89 bits per heavy atom. The lowest BCUT2D eigenvalue weighted by Gasteiger charge is -2.37. The number of nitrogens with zero attached hydrogens (tertiary/aromatic N) is 5. The maximum absolute atomic E-state index is 14.1. The summed E-state index contributed by atoms with van der Waals surface area (Å²) in [6.45, 7) is 3.86. The molecule has 6 rings (SSSR count). The van der Waals surface area contributed by atoms with Gasteiger partial charge >= 0.3 is 0 Å². The highest BCUT2D eigenvalue weighted by Crippen LogP contribution is 2.57. The molecule has 1 N–H and O–H groups in total. The number of benzene rings is 1. The lowest BCUT2D eigenvalue weighted by atomic mass is 10.0. The number of carbonyl (C=O) groups is 2. The van der Waals surface area contributed by atoms with Crippen molar-refractivity contribution in [1.29, 1.82) is 0 Å². The van der Waals surface area contributed by atoms with Crippen molar-refractivity contribution in [3.05, 3.63) is 46.3 Å². The first-order valence-electron chi connectivity index (χ1n) is 13.3. The SMILES string of the molecule is Cc1c(C(F)F)cccc1N1CCN(C(=O)Cn2nc(C(=O)N3CC[C@H](O)[C@H](F)C3)c3c2C[C@H]2CC32)CC1. The molecule has 4 aliphatic rings. The molecule has 3 fully saturated rings. The Morgan fingerprint density at radius 1 is 1.13 bits per heavy atom. The van der Waals surface area contributed by atoms with E-state index in [1.807, 2.05) is 11.0 Å². The van der Waals surface area contributed by atoms with Gasteiger partial charge in [-0.05, 0) is 49.7 Å². The van der Waals surface area contributed by atoms with E-state index in [2.05, 4.69) is 5.10 Å². The number of hydrogen-bond acceptors (Lipinski definition) is 5. The summed E-state index contributed by atoms with van der Waals surface area (Å²) in [6, 6.07) is 4.92. The first-order valence-corrected chi connectivity index (χ1v) is 13.3. The number of aliphatic hydroxyl groups is 1. The molecule has 204 valence electrons. The van der Waals surface area contributed by atoms with Crippen LogP contribution in [0, 0.1) is 12.8 Å². The lowest BCUT2D eigenvalue weighted by Crippen LogP contribution is -2.50. The number of carbonyl (C=O) groups excluding carboxylic acids is 2. The highest BCUT2D eigenvalue weighted by Gasteiger charge is 2.51. The summed E-state index contributed by atoms with van der Waals surface area (Å²) in [6.07, 6.45) is -3.07.